The molecule has 6 heterocycles. The van der Waals surface area contributed by atoms with Gasteiger partial charge in [0.2, 0.25) is 0 Å². The highest BCUT2D eigenvalue weighted by atomic mass is 16.5. The van der Waals surface area contributed by atoms with Crippen LogP contribution in [0.1, 0.15) is 85.1 Å². The Bertz CT molecular complexity index is 1430. The van der Waals surface area contributed by atoms with Crippen LogP contribution in [0.2, 0.25) is 0 Å². The lowest BCUT2D eigenvalue weighted by Gasteiger charge is -2.35. The summed E-state index contributed by atoms with van der Waals surface area (Å²) in [5.41, 5.74) is 2.25. The van der Waals surface area contributed by atoms with Gasteiger partial charge in [-0.3, -0.25) is 4.99 Å². The molecule has 0 radical (unpaired) electrons. The number of hydrogen-bond donors (Lipinski definition) is 0. The predicted molar refractivity (Wildman–Crippen MR) is 231 cm³/mol. The summed E-state index contributed by atoms with van der Waals surface area (Å²) in [6, 6.07) is 0. The lowest BCUT2D eigenvalue weighted by molar-refractivity contribution is -0.0167. The summed E-state index contributed by atoms with van der Waals surface area (Å²) < 4.78 is 29.9. The molecule has 6 rings (SSSR count). The molecule has 5 aliphatic rings. The summed E-state index contributed by atoms with van der Waals surface area (Å²) in [7, 11) is 7.73. The first-order chi connectivity index (χ1) is 22.4. The van der Waals surface area contributed by atoms with E-state index in [4.69, 9.17) is 28.1 Å². The number of aromatic nitrogens is 1. The van der Waals surface area contributed by atoms with Crippen LogP contribution in [0.3, 0.4) is 0 Å². The number of likely N-dealkylation sites (N-methyl/N-ethyl adjacent to an activating group) is 2. The Morgan fingerprint density at radius 1 is 0.611 bits per heavy atom. The van der Waals surface area contributed by atoms with E-state index in [0.29, 0.717) is 17.4 Å². The molecule has 12 nitrogen and oxygen atoms in total. The van der Waals surface area contributed by atoms with Crippen molar-refractivity contribution < 1.29 is 28.1 Å². The molecule has 54 heavy (non-hydrogen) atoms. The van der Waals surface area contributed by atoms with Gasteiger partial charge in [0.15, 0.2) is 17.5 Å². The SMILES string of the molecule is C.C.C.C.C.C.C=C1N(C)C=COC1(C)C.C=C1OC=CN(C)C1=C.C=C1OC=CN1C.C=C1OC=CN=C1C.CN1C=COC1(C)C.Cc1ncco1. The Kier molecular flexibility index (Phi) is 32.5. The zero-order valence-corrected chi connectivity index (χ0v) is 30.1. The van der Waals surface area contributed by atoms with Gasteiger partial charge in [0.25, 0.3) is 0 Å². The highest BCUT2D eigenvalue weighted by Gasteiger charge is 2.27. The number of nitrogens with zero attached hydrogens (tertiary/aromatic N) is 6. The lowest BCUT2D eigenvalue weighted by Crippen LogP contribution is -2.35. The molecule has 0 aliphatic carbocycles. The van der Waals surface area contributed by atoms with E-state index in [0.717, 1.165) is 23.0 Å². The van der Waals surface area contributed by atoms with Crippen LogP contribution in [0.25, 0.3) is 0 Å². The molecule has 0 saturated heterocycles. The Labute approximate surface area is 330 Å². The standard InChI is InChI=1S/C8H13NO.C7H9NO.C6H11NO.C6H7NO.C5H7NO.C4H5NO.6CH4/c1-7-8(2,3)10-6-5-9(7)4;1-6-7(2)9-5-4-8(6)3;1-6(2)7(3)4-5-8-6;1-5-6(2)8-4-3-7-5;1-5-6(2)3-4-7-5;1-4-5-2-3-6-4;;;;;;/h5-6H,1H2,2-4H3;4-5H,1-2H2,3H3;4-5H,1-3H3;3-4H,2H2,1H3;3-4H,1H2,2H3;2-3H,1H3;6*1H4. The van der Waals surface area contributed by atoms with Crippen molar-refractivity contribution in [1.29, 1.82) is 0 Å². The summed E-state index contributed by atoms with van der Waals surface area (Å²) in [6.45, 7) is 30.1. The van der Waals surface area contributed by atoms with Crippen LogP contribution in [-0.4, -0.2) is 69.8 Å². The maximum absolute atomic E-state index is 5.33. The zero-order chi connectivity index (χ0) is 36.5. The van der Waals surface area contributed by atoms with Crippen LogP contribution in [-0.2, 0) is 23.7 Å². The first-order valence-corrected chi connectivity index (χ1v) is 14.8. The maximum Gasteiger partial charge on any atom is 0.191 e. The van der Waals surface area contributed by atoms with Gasteiger partial charge in [-0.25, -0.2) is 4.98 Å². The smallest absolute Gasteiger partial charge is 0.191 e. The van der Waals surface area contributed by atoms with E-state index < -0.39 is 0 Å². The van der Waals surface area contributed by atoms with Crippen molar-refractivity contribution in [2.45, 2.75) is 97.4 Å². The van der Waals surface area contributed by atoms with Crippen molar-refractivity contribution in [2.75, 3.05) is 28.2 Å². The third-order valence-electron chi connectivity index (χ3n) is 6.88. The van der Waals surface area contributed by atoms with E-state index >= 15 is 0 Å². The molecule has 1 aromatic rings. The van der Waals surface area contributed by atoms with Crippen LogP contribution in [0, 0.1) is 6.92 Å². The van der Waals surface area contributed by atoms with Crippen LogP contribution < -0.4 is 0 Å². The highest BCUT2D eigenvalue weighted by molar-refractivity contribution is 5.96. The Morgan fingerprint density at radius 3 is 1.39 bits per heavy atom. The summed E-state index contributed by atoms with van der Waals surface area (Å²) in [6.07, 6.45) is 20.2. The molecule has 0 atom stereocenters. The average molecular weight is 761 g/mol. The average Bonchev–Trinajstić information content (AvgIpc) is 3.75. The number of rotatable bonds is 0. The summed E-state index contributed by atoms with van der Waals surface area (Å²) in [4.78, 5) is 15.3. The van der Waals surface area contributed by atoms with E-state index in [1.807, 2.05) is 96.1 Å². The van der Waals surface area contributed by atoms with Crippen molar-refractivity contribution in [1.82, 2.24) is 24.6 Å². The number of hydrogen-bond acceptors (Lipinski definition) is 12. The van der Waals surface area contributed by atoms with Crippen molar-refractivity contribution in [2.24, 2.45) is 4.99 Å². The molecule has 0 saturated carbocycles. The van der Waals surface area contributed by atoms with Gasteiger partial charge in [0.1, 0.15) is 54.7 Å². The first-order valence-electron chi connectivity index (χ1n) is 14.8. The fourth-order valence-electron chi connectivity index (χ4n) is 3.06. The number of ether oxygens (including phenoxy) is 5. The van der Waals surface area contributed by atoms with Gasteiger partial charge >= 0.3 is 0 Å². The monoisotopic (exact) mass is 761 g/mol. The molecule has 0 bridgehead atoms. The molecule has 310 valence electrons. The molecule has 0 amide bonds. The molecule has 0 unspecified atom stereocenters. The normalized spacial score (nSPS) is 16.6. The topological polar surface area (TPSA) is 97.5 Å². The first kappa shape index (κ1) is 60.6. The Hall–Kier alpha value is -5.52. The number of oxazole rings is 1. The molecule has 0 aromatic carbocycles. The van der Waals surface area contributed by atoms with Gasteiger partial charge in [-0.2, -0.15) is 0 Å². The van der Waals surface area contributed by atoms with Crippen molar-refractivity contribution in [3.63, 3.8) is 0 Å². The van der Waals surface area contributed by atoms with E-state index in [1.54, 1.807) is 61.7 Å². The predicted octanol–water partition coefficient (Wildman–Crippen LogP) is 11.5. The molecule has 0 fully saturated rings. The number of aryl methyl sites for hydroxylation is 1. The van der Waals surface area contributed by atoms with Gasteiger partial charge < -0.3 is 47.7 Å². The van der Waals surface area contributed by atoms with E-state index in [1.165, 1.54) is 6.26 Å². The third-order valence-corrected chi connectivity index (χ3v) is 6.88. The summed E-state index contributed by atoms with van der Waals surface area (Å²) in [5, 5.41) is 0. The highest BCUT2D eigenvalue weighted by Crippen LogP contribution is 2.25. The van der Waals surface area contributed by atoms with Crippen molar-refractivity contribution >= 4 is 5.71 Å². The van der Waals surface area contributed by atoms with Crippen LogP contribution >= 0.6 is 0 Å². The largest absolute Gasteiger partial charge is 0.488 e. The van der Waals surface area contributed by atoms with E-state index in [9.17, 15) is 0 Å². The molecular formula is C42H76N6O6. The van der Waals surface area contributed by atoms with Crippen LogP contribution in [0.4, 0.5) is 0 Å². The Balaban J connectivity index is -0.000000126. The lowest BCUT2D eigenvalue weighted by atomic mass is 10.0. The van der Waals surface area contributed by atoms with Crippen LogP contribution in [0.5, 0.6) is 0 Å². The van der Waals surface area contributed by atoms with Gasteiger partial charge in [-0.05, 0) is 41.2 Å². The fourth-order valence-corrected chi connectivity index (χ4v) is 3.06. The van der Waals surface area contributed by atoms with E-state index in [2.05, 4.69) is 42.9 Å². The van der Waals surface area contributed by atoms with Gasteiger partial charge in [0, 0.05) is 59.9 Å². The molecule has 1 aromatic heterocycles. The number of allylic oxidation sites excluding steroid dienone is 1. The van der Waals surface area contributed by atoms with Gasteiger partial charge in [0.05, 0.1) is 29.5 Å². The molecule has 12 heteroatoms. The third kappa shape index (κ3) is 21.8. The Morgan fingerprint density at radius 2 is 1.13 bits per heavy atom. The second kappa shape index (κ2) is 29.0. The molecule has 0 N–H and O–H groups in total. The van der Waals surface area contributed by atoms with Gasteiger partial charge in [-0.15, -0.1) is 0 Å². The summed E-state index contributed by atoms with van der Waals surface area (Å²) in [5.74, 6) is 2.64. The second-order valence-electron chi connectivity index (χ2n) is 11.3. The van der Waals surface area contributed by atoms with Crippen molar-refractivity contribution in [3.8, 4) is 0 Å². The van der Waals surface area contributed by atoms with Crippen molar-refractivity contribution in [3.05, 3.63) is 142 Å². The minimum Gasteiger partial charge on any atom is -0.488 e. The number of aliphatic imine (C=N–C) groups is 1. The summed E-state index contributed by atoms with van der Waals surface area (Å²) >= 11 is 0. The van der Waals surface area contributed by atoms with Crippen LogP contribution in [0.15, 0.2) is 146 Å². The zero-order valence-electron chi connectivity index (χ0n) is 30.1. The minimum absolute atomic E-state index is 0. The van der Waals surface area contributed by atoms with Gasteiger partial charge in [-0.1, -0.05) is 70.9 Å². The maximum atomic E-state index is 5.33. The molecule has 0 spiro atoms. The molecule has 5 aliphatic heterocycles. The quantitative estimate of drug-likeness (QED) is 0.253. The fraction of sp³-hybridized carbons (Fsp3) is 0.429. The second-order valence-corrected chi connectivity index (χ2v) is 11.3. The minimum atomic E-state index is -0.247. The molecular weight excluding hydrogens is 684 g/mol. The van der Waals surface area contributed by atoms with E-state index in [-0.39, 0.29) is 55.9 Å².